The number of carbonyl (C=O) groups is 1. The number of Topliss-reactive ketones (excluding diaryl/α,β-unsaturated/α-hetero) is 1. The topological polar surface area (TPSA) is 26.3 Å². The molecule has 0 spiro atoms. The van der Waals surface area contributed by atoms with Crippen molar-refractivity contribution >= 4 is 14.1 Å². The molecule has 2 nitrogen and oxygen atoms in total. The van der Waals surface area contributed by atoms with Crippen LogP contribution in [-0.4, -0.2) is 20.7 Å². The molecule has 1 rings (SSSR count). The van der Waals surface area contributed by atoms with Gasteiger partial charge in [-0.3, -0.25) is 4.79 Å². The second-order valence-corrected chi connectivity index (χ2v) is 13.0. The minimum atomic E-state index is -1.58. The monoisotopic (exact) mass is 298 g/mol. The first kappa shape index (κ1) is 17.9. The summed E-state index contributed by atoms with van der Waals surface area (Å²) < 4.78 is 6.18. The molecule has 0 aliphatic heterocycles. The van der Waals surface area contributed by atoms with Crippen molar-refractivity contribution in [3.63, 3.8) is 0 Å². The number of rotatable bonds is 6. The number of hydrogen-bond acceptors (Lipinski definition) is 2. The van der Waals surface area contributed by atoms with E-state index < -0.39 is 8.32 Å². The van der Waals surface area contributed by atoms with Crippen LogP contribution in [0, 0.1) is 11.8 Å². The normalized spacial score (nSPS) is 25.0. The maximum absolute atomic E-state index is 11.9. The minimum absolute atomic E-state index is 0.294. The fraction of sp³-hybridized carbons (Fsp3) is 0.941. The fourth-order valence-electron chi connectivity index (χ4n) is 2.60. The largest absolute Gasteiger partial charge is 0.417 e. The van der Waals surface area contributed by atoms with E-state index in [2.05, 4.69) is 40.8 Å². The van der Waals surface area contributed by atoms with Crippen LogP contribution in [-0.2, 0) is 9.22 Å². The van der Waals surface area contributed by atoms with Gasteiger partial charge in [-0.2, -0.15) is 0 Å². The van der Waals surface area contributed by atoms with Crippen LogP contribution in [0.2, 0.25) is 18.1 Å². The maximum atomic E-state index is 11.9. The SMILES string of the molecule is C[C@H]1CC[C@@H](CCCCO[Si](C)(C)C(C)(C)C)C(=O)C1. The van der Waals surface area contributed by atoms with Crippen molar-refractivity contribution in [2.75, 3.05) is 6.61 Å². The van der Waals surface area contributed by atoms with Crippen LogP contribution in [0.15, 0.2) is 0 Å². The molecule has 0 saturated heterocycles. The van der Waals surface area contributed by atoms with Gasteiger partial charge in [0.25, 0.3) is 0 Å². The van der Waals surface area contributed by atoms with Gasteiger partial charge in [-0.25, -0.2) is 0 Å². The van der Waals surface area contributed by atoms with Crippen molar-refractivity contribution in [1.82, 2.24) is 0 Å². The first-order valence-corrected chi connectivity index (χ1v) is 11.2. The van der Waals surface area contributed by atoms with Gasteiger partial charge in [-0.1, -0.05) is 34.1 Å². The van der Waals surface area contributed by atoms with Gasteiger partial charge < -0.3 is 4.43 Å². The Bertz CT molecular complexity index is 317. The lowest BCUT2D eigenvalue weighted by Crippen LogP contribution is -2.40. The van der Waals surface area contributed by atoms with Gasteiger partial charge in [0.2, 0.25) is 0 Å². The predicted molar refractivity (Wildman–Crippen MR) is 88.5 cm³/mol. The smallest absolute Gasteiger partial charge is 0.191 e. The van der Waals surface area contributed by atoms with Crippen LogP contribution < -0.4 is 0 Å². The number of carbonyl (C=O) groups excluding carboxylic acids is 1. The Labute approximate surface area is 126 Å². The highest BCUT2D eigenvalue weighted by atomic mass is 28.4. The molecule has 0 aromatic rings. The number of hydrogen-bond donors (Lipinski definition) is 0. The molecule has 20 heavy (non-hydrogen) atoms. The van der Waals surface area contributed by atoms with Crippen LogP contribution >= 0.6 is 0 Å². The molecule has 2 atom stereocenters. The Morgan fingerprint density at radius 2 is 1.85 bits per heavy atom. The van der Waals surface area contributed by atoms with Gasteiger partial charge in [0.1, 0.15) is 5.78 Å². The second kappa shape index (κ2) is 7.21. The first-order valence-electron chi connectivity index (χ1n) is 8.30. The lowest BCUT2D eigenvalue weighted by atomic mass is 9.80. The van der Waals surface area contributed by atoms with E-state index in [-0.39, 0.29) is 0 Å². The highest BCUT2D eigenvalue weighted by molar-refractivity contribution is 6.74. The molecule has 0 amide bonds. The zero-order chi connectivity index (χ0) is 15.4. The lowest BCUT2D eigenvalue weighted by Gasteiger charge is -2.36. The van der Waals surface area contributed by atoms with Crippen molar-refractivity contribution in [3.05, 3.63) is 0 Å². The molecule has 0 heterocycles. The van der Waals surface area contributed by atoms with Gasteiger partial charge in [0, 0.05) is 18.9 Å². The van der Waals surface area contributed by atoms with Gasteiger partial charge >= 0.3 is 0 Å². The summed E-state index contributed by atoms with van der Waals surface area (Å²) in [6.45, 7) is 14.5. The van der Waals surface area contributed by atoms with E-state index >= 15 is 0 Å². The minimum Gasteiger partial charge on any atom is -0.417 e. The third kappa shape index (κ3) is 5.32. The van der Waals surface area contributed by atoms with Crippen LogP contribution in [0.3, 0.4) is 0 Å². The average molecular weight is 299 g/mol. The Balaban J connectivity index is 2.18. The third-order valence-corrected chi connectivity index (χ3v) is 9.77. The molecule has 1 fully saturated rings. The van der Waals surface area contributed by atoms with Crippen LogP contribution in [0.1, 0.15) is 66.2 Å². The highest BCUT2D eigenvalue weighted by Gasteiger charge is 2.36. The summed E-state index contributed by atoms with van der Waals surface area (Å²) in [5.41, 5.74) is 0. The van der Waals surface area contributed by atoms with E-state index in [0.29, 0.717) is 22.7 Å². The lowest BCUT2D eigenvalue weighted by molar-refractivity contribution is -0.126. The molecule has 0 unspecified atom stereocenters. The summed E-state index contributed by atoms with van der Waals surface area (Å²) >= 11 is 0. The molecule has 0 N–H and O–H groups in total. The van der Waals surface area contributed by atoms with Gasteiger partial charge in [0.05, 0.1) is 0 Å². The van der Waals surface area contributed by atoms with E-state index in [9.17, 15) is 4.79 Å². The summed E-state index contributed by atoms with van der Waals surface area (Å²) in [6.07, 6.45) is 6.47. The van der Waals surface area contributed by atoms with Gasteiger partial charge in [-0.05, 0) is 49.7 Å². The molecule has 0 radical (unpaired) electrons. The quantitative estimate of drug-likeness (QED) is 0.498. The zero-order valence-corrected chi connectivity index (χ0v) is 15.4. The average Bonchev–Trinajstić information content (AvgIpc) is 2.29. The van der Waals surface area contributed by atoms with E-state index in [0.717, 1.165) is 38.7 Å². The van der Waals surface area contributed by atoms with Crippen molar-refractivity contribution in [1.29, 1.82) is 0 Å². The molecular formula is C17H34O2Si. The Kier molecular flexibility index (Phi) is 6.46. The van der Waals surface area contributed by atoms with E-state index in [1.54, 1.807) is 0 Å². The summed E-state index contributed by atoms with van der Waals surface area (Å²) in [5, 5.41) is 0.294. The fourth-order valence-corrected chi connectivity index (χ4v) is 3.69. The Morgan fingerprint density at radius 1 is 1.20 bits per heavy atom. The van der Waals surface area contributed by atoms with Crippen molar-refractivity contribution in [2.45, 2.75) is 84.4 Å². The molecule has 3 heteroatoms. The van der Waals surface area contributed by atoms with E-state index in [4.69, 9.17) is 4.43 Å². The zero-order valence-electron chi connectivity index (χ0n) is 14.4. The molecule has 118 valence electrons. The predicted octanol–water partition coefficient (Wildman–Crippen LogP) is 5.18. The maximum Gasteiger partial charge on any atom is 0.191 e. The van der Waals surface area contributed by atoms with Gasteiger partial charge in [-0.15, -0.1) is 0 Å². The first-order chi connectivity index (χ1) is 9.13. The van der Waals surface area contributed by atoms with Crippen molar-refractivity contribution in [3.8, 4) is 0 Å². The number of unbranched alkanes of at least 4 members (excludes halogenated alkanes) is 1. The molecule has 1 saturated carbocycles. The second-order valence-electron chi connectivity index (χ2n) is 8.15. The standard InChI is InChI=1S/C17H34O2Si/c1-14-10-11-15(16(18)13-14)9-7-8-12-19-20(5,6)17(2,3)4/h14-15H,7-13H2,1-6H3/t14-,15+/m0/s1. The van der Waals surface area contributed by atoms with Crippen LogP contribution in [0.4, 0.5) is 0 Å². The Hall–Kier alpha value is -0.153. The van der Waals surface area contributed by atoms with Crippen molar-refractivity contribution in [2.24, 2.45) is 11.8 Å². The summed E-state index contributed by atoms with van der Waals surface area (Å²) in [4.78, 5) is 11.9. The number of ketones is 1. The molecule has 0 bridgehead atoms. The molecule has 1 aliphatic carbocycles. The summed E-state index contributed by atoms with van der Waals surface area (Å²) in [5.74, 6) is 1.47. The van der Waals surface area contributed by atoms with E-state index in [1.165, 1.54) is 6.42 Å². The van der Waals surface area contributed by atoms with Crippen LogP contribution in [0.25, 0.3) is 0 Å². The molecule has 0 aromatic carbocycles. The van der Waals surface area contributed by atoms with Crippen molar-refractivity contribution < 1.29 is 9.22 Å². The summed E-state index contributed by atoms with van der Waals surface area (Å²) in [7, 11) is -1.58. The summed E-state index contributed by atoms with van der Waals surface area (Å²) in [6, 6.07) is 0. The van der Waals surface area contributed by atoms with Gasteiger partial charge in [0.15, 0.2) is 8.32 Å². The highest BCUT2D eigenvalue weighted by Crippen LogP contribution is 2.36. The molecule has 1 aliphatic rings. The van der Waals surface area contributed by atoms with E-state index in [1.807, 2.05) is 0 Å². The molecular weight excluding hydrogens is 264 g/mol. The van der Waals surface area contributed by atoms with Crippen LogP contribution in [0.5, 0.6) is 0 Å². The third-order valence-electron chi connectivity index (χ3n) is 5.23. The molecule has 0 aromatic heterocycles. The Morgan fingerprint density at radius 3 is 2.40 bits per heavy atom.